The zero-order valence-corrected chi connectivity index (χ0v) is 16.5. The van der Waals surface area contributed by atoms with E-state index in [0.29, 0.717) is 5.75 Å². The molecule has 3 heterocycles. The van der Waals surface area contributed by atoms with Gasteiger partial charge in [-0.15, -0.1) is 0 Å². The number of ether oxygens (including phenoxy) is 1. The maximum Gasteiger partial charge on any atom is 0.269 e. The normalized spacial score (nSPS) is 12.1. The number of imidazole rings is 1. The van der Waals surface area contributed by atoms with E-state index in [1.54, 1.807) is 37.8 Å². The molecule has 0 fully saturated rings. The number of nitro groups is 1. The van der Waals surface area contributed by atoms with Crippen LogP contribution in [-0.4, -0.2) is 26.7 Å². The summed E-state index contributed by atoms with van der Waals surface area (Å²) in [6.07, 6.45) is 7.26. The van der Waals surface area contributed by atoms with Crippen LogP contribution in [-0.2, 0) is 0 Å². The van der Waals surface area contributed by atoms with Gasteiger partial charge in [0.2, 0.25) is 0 Å². The average Bonchev–Trinajstić information content (AvgIpc) is 3.13. The molecule has 2 aromatic heterocycles. The maximum atomic E-state index is 11.1. The van der Waals surface area contributed by atoms with E-state index in [4.69, 9.17) is 4.74 Å². The van der Waals surface area contributed by atoms with Gasteiger partial charge in [-0.3, -0.25) is 20.5 Å². The van der Waals surface area contributed by atoms with Crippen LogP contribution in [0.25, 0.3) is 23.0 Å². The van der Waals surface area contributed by atoms with Gasteiger partial charge in [-0.05, 0) is 47.7 Å². The van der Waals surface area contributed by atoms with Crippen LogP contribution >= 0.6 is 0 Å². The van der Waals surface area contributed by atoms with Crippen molar-refractivity contribution in [3.63, 3.8) is 0 Å². The van der Waals surface area contributed by atoms with Gasteiger partial charge in [-0.1, -0.05) is 6.07 Å². The number of rotatable bonds is 4. The average molecular weight is 411 g/mol. The van der Waals surface area contributed by atoms with E-state index < -0.39 is 4.92 Å². The number of pyridine rings is 1. The van der Waals surface area contributed by atoms with E-state index in [-0.39, 0.29) is 5.69 Å². The van der Waals surface area contributed by atoms with Gasteiger partial charge in [-0.25, -0.2) is 9.66 Å². The predicted octanol–water partition coefficient (Wildman–Crippen LogP) is 2.40. The molecule has 0 amide bonds. The van der Waals surface area contributed by atoms with E-state index in [1.807, 2.05) is 41.1 Å². The number of hydrogen-bond acceptors (Lipinski definition) is 6. The molecule has 1 aliphatic heterocycles. The van der Waals surface area contributed by atoms with Crippen molar-refractivity contribution >= 4 is 17.5 Å². The first kappa shape index (κ1) is 18.6. The smallest absolute Gasteiger partial charge is 0.269 e. The van der Waals surface area contributed by atoms with Crippen molar-refractivity contribution in [3.05, 3.63) is 105 Å². The number of benzene rings is 2. The van der Waals surface area contributed by atoms with Crippen molar-refractivity contribution in [1.82, 2.24) is 14.6 Å². The fourth-order valence-corrected chi connectivity index (χ4v) is 3.60. The molecule has 0 saturated carbocycles. The lowest BCUT2D eigenvalue weighted by Gasteiger charge is -2.16. The van der Waals surface area contributed by atoms with Gasteiger partial charge in [0, 0.05) is 40.9 Å². The molecule has 152 valence electrons. The molecule has 5 rings (SSSR count). The highest BCUT2D eigenvalue weighted by Gasteiger charge is 2.17. The van der Waals surface area contributed by atoms with E-state index in [9.17, 15) is 10.1 Å². The lowest BCUT2D eigenvalue weighted by Crippen LogP contribution is -2.30. The number of fused-ring (bicyclic) bond motifs is 2. The Morgan fingerprint density at radius 1 is 1.03 bits per heavy atom. The summed E-state index contributed by atoms with van der Waals surface area (Å²) >= 11 is 0. The van der Waals surface area contributed by atoms with Crippen LogP contribution < -0.4 is 20.6 Å². The summed E-state index contributed by atoms with van der Waals surface area (Å²) in [7, 11) is 1.62. The van der Waals surface area contributed by atoms with Crippen LogP contribution in [0.3, 0.4) is 0 Å². The second-order valence-corrected chi connectivity index (χ2v) is 6.96. The molecule has 0 aliphatic carbocycles. The van der Waals surface area contributed by atoms with E-state index in [2.05, 4.69) is 15.4 Å². The topological polar surface area (TPSA) is 95.1 Å². The standard InChI is InChI=1S/C23H17N5O3/c1-31-19-7-4-17-12-22-25-14-21(15-8-10-24-11-9-15)27(22)26-23(20(17)13-19)16-2-5-18(6-3-16)28(29)30/h2-14,26H,1H3. The van der Waals surface area contributed by atoms with Gasteiger partial charge < -0.3 is 4.74 Å². The third-order valence-corrected chi connectivity index (χ3v) is 5.17. The fraction of sp³-hybridized carbons (Fsp3) is 0.0435. The molecule has 8 nitrogen and oxygen atoms in total. The molecule has 2 aromatic carbocycles. The van der Waals surface area contributed by atoms with Gasteiger partial charge in [0.05, 0.1) is 29.6 Å². The van der Waals surface area contributed by atoms with Gasteiger partial charge in [0.1, 0.15) is 5.75 Å². The second kappa shape index (κ2) is 7.42. The SMILES string of the molecule is COc1ccc2c(c1)=C(c1ccc([N+](=O)[O-])cc1)Nn1c(-c3ccncc3)cnc1C=2. The largest absolute Gasteiger partial charge is 0.497 e. The zero-order chi connectivity index (χ0) is 21.4. The van der Waals surface area contributed by atoms with Crippen LogP contribution in [0.5, 0.6) is 5.75 Å². The lowest BCUT2D eigenvalue weighted by molar-refractivity contribution is -0.384. The van der Waals surface area contributed by atoms with Crippen LogP contribution in [0.15, 0.2) is 73.2 Å². The summed E-state index contributed by atoms with van der Waals surface area (Å²) < 4.78 is 7.34. The predicted molar refractivity (Wildman–Crippen MR) is 116 cm³/mol. The number of nitro benzene ring substituents is 1. The van der Waals surface area contributed by atoms with E-state index >= 15 is 0 Å². The second-order valence-electron chi connectivity index (χ2n) is 6.96. The van der Waals surface area contributed by atoms with E-state index in [0.717, 1.165) is 38.8 Å². The number of nitrogens with zero attached hydrogens (tertiary/aromatic N) is 4. The molecule has 0 atom stereocenters. The van der Waals surface area contributed by atoms with Crippen LogP contribution in [0.1, 0.15) is 11.4 Å². The molecule has 0 spiro atoms. The molecule has 0 bridgehead atoms. The summed E-state index contributed by atoms with van der Waals surface area (Å²) in [4.78, 5) is 19.4. The molecule has 4 aromatic rings. The quantitative estimate of drug-likeness (QED) is 0.409. The Labute approximate surface area is 176 Å². The monoisotopic (exact) mass is 411 g/mol. The number of methoxy groups -OCH3 is 1. The molecule has 1 aliphatic rings. The number of non-ortho nitro benzene ring substituents is 1. The Morgan fingerprint density at radius 2 is 1.81 bits per heavy atom. The Balaban J connectivity index is 1.75. The molecule has 1 N–H and O–H groups in total. The first-order valence-corrected chi connectivity index (χ1v) is 9.54. The highest BCUT2D eigenvalue weighted by Crippen LogP contribution is 2.23. The van der Waals surface area contributed by atoms with Gasteiger partial charge in [-0.2, -0.15) is 0 Å². The van der Waals surface area contributed by atoms with Crippen LogP contribution in [0.2, 0.25) is 0 Å². The van der Waals surface area contributed by atoms with Crippen molar-refractivity contribution in [2.24, 2.45) is 0 Å². The highest BCUT2D eigenvalue weighted by molar-refractivity contribution is 5.74. The van der Waals surface area contributed by atoms with Crippen molar-refractivity contribution in [3.8, 4) is 17.0 Å². The van der Waals surface area contributed by atoms with Crippen molar-refractivity contribution in [2.45, 2.75) is 0 Å². The van der Waals surface area contributed by atoms with Gasteiger partial charge in [0.25, 0.3) is 5.69 Å². The van der Waals surface area contributed by atoms with Gasteiger partial charge >= 0.3 is 0 Å². The Bertz CT molecular complexity index is 1410. The van der Waals surface area contributed by atoms with Crippen LogP contribution in [0.4, 0.5) is 5.69 Å². The summed E-state index contributed by atoms with van der Waals surface area (Å²) in [5.41, 5.74) is 6.92. The lowest BCUT2D eigenvalue weighted by atomic mass is 10.1. The number of aromatic nitrogens is 3. The third-order valence-electron chi connectivity index (χ3n) is 5.17. The third kappa shape index (κ3) is 3.29. The van der Waals surface area contributed by atoms with Crippen molar-refractivity contribution < 1.29 is 9.66 Å². The Kier molecular flexibility index (Phi) is 4.44. The Hall–Kier alpha value is -4.46. The maximum absolute atomic E-state index is 11.1. The zero-order valence-electron chi connectivity index (χ0n) is 16.5. The van der Waals surface area contributed by atoms with E-state index in [1.165, 1.54) is 12.1 Å². The molecule has 0 saturated heterocycles. The highest BCUT2D eigenvalue weighted by atomic mass is 16.6. The number of nitrogens with one attached hydrogen (secondary N) is 1. The van der Waals surface area contributed by atoms with Gasteiger partial charge in [0.15, 0.2) is 5.82 Å². The minimum absolute atomic E-state index is 0.0381. The minimum Gasteiger partial charge on any atom is -0.497 e. The van der Waals surface area contributed by atoms with Crippen LogP contribution in [0, 0.1) is 10.1 Å². The van der Waals surface area contributed by atoms with Crippen molar-refractivity contribution in [2.75, 3.05) is 12.5 Å². The summed E-state index contributed by atoms with van der Waals surface area (Å²) in [6, 6.07) is 16.1. The first-order valence-electron chi connectivity index (χ1n) is 9.54. The first-order chi connectivity index (χ1) is 15.1. The fourth-order valence-electron chi connectivity index (χ4n) is 3.60. The number of hydrogen-bond donors (Lipinski definition) is 1. The molecule has 8 heteroatoms. The summed E-state index contributed by atoms with van der Waals surface area (Å²) in [5.74, 6) is 1.44. The summed E-state index contributed by atoms with van der Waals surface area (Å²) in [6.45, 7) is 0. The minimum atomic E-state index is -0.408. The van der Waals surface area contributed by atoms with Crippen molar-refractivity contribution in [1.29, 1.82) is 0 Å². The Morgan fingerprint density at radius 3 is 2.52 bits per heavy atom. The molecule has 31 heavy (non-hydrogen) atoms. The molecular formula is C23H17N5O3. The molecule has 0 radical (unpaired) electrons. The molecule has 0 unspecified atom stereocenters. The molecular weight excluding hydrogens is 394 g/mol. The summed E-state index contributed by atoms with van der Waals surface area (Å²) in [5, 5.41) is 13.0.